The van der Waals surface area contributed by atoms with E-state index in [9.17, 15) is 14.8 Å². The average Bonchev–Trinajstić information content (AvgIpc) is 2.54. The van der Waals surface area contributed by atoms with Crippen molar-refractivity contribution >= 4 is 27.5 Å². The number of hydrogen-bond donors (Lipinski definition) is 0. The molecule has 3 rings (SSSR count). The second-order valence-electron chi connectivity index (χ2n) is 4.65. The van der Waals surface area contributed by atoms with Crippen LogP contribution in [-0.2, 0) is 11.3 Å². The molecule has 0 aliphatic heterocycles. The van der Waals surface area contributed by atoms with Gasteiger partial charge in [-0.15, -0.1) is 0 Å². The molecule has 0 aromatic carbocycles. The lowest BCUT2D eigenvalue weighted by Gasteiger charge is -2.06. The van der Waals surface area contributed by atoms with Crippen LogP contribution >= 0.6 is 15.9 Å². The van der Waals surface area contributed by atoms with Crippen molar-refractivity contribution in [2.75, 3.05) is 0 Å². The highest BCUT2D eigenvalue weighted by atomic mass is 79.9. The Bertz CT molecular complexity index is 955. The number of hydrogen-bond acceptors (Lipinski definition) is 5. The summed E-state index contributed by atoms with van der Waals surface area (Å²) < 4.78 is 7.58. The summed E-state index contributed by atoms with van der Waals surface area (Å²) in [6, 6.07) is 9.12. The molecule has 116 valence electrons. The molecule has 0 aliphatic carbocycles. The highest BCUT2D eigenvalue weighted by Crippen LogP contribution is 2.10. The number of carbonyl (C=O) groups is 1. The van der Waals surface area contributed by atoms with Crippen LogP contribution in [0.4, 0.5) is 0 Å². The van der Waals surface area contributed by atoms with E-state index in [-0.39, 0.29) is 17.9 Å². The van der Waals surface area contributed by atoms with Crippen molar-refractivity contribution in [2.45, 2.75) is 6.61 Å². The van der Waals surface area contributed by atoms with E-state index < -0.39 is 5.97 Å². The van der Waals surface area contributed by atoms with Crippen molar-refractivity contribution in [2.24, 2.45) is 0 Å². The SMILES string of the molecule is O=C(OCc1cc(=O)n2cc(Br)ccc2n1)c1cccc[n+]1[O-]. The van der Waals surface area contributed by atoms with Gasteiger partial charge < -0.3 is 9.94 Å². The third kappa shape index (κ3) is 3.21. The molecular weight excluding hydrogens is 366 g/mol. The molecule has 0 aliphatic rings. The lowest BCUT2D eigenvalue weighted by molar-refractivity contribution is -0.608. The largest absolute Gasteiger partial charge is 0.618 e. The number of pyridine rings is 2. The lowest BCUT2D eigenvalue weighted by atomic mass is 10.3. The number of aromatic nitrogens is 3. The monoisotopic (exact) mass is 375 g/mol. The van der Waals surface area contributed by atoms with Gasteiger partial charge in [-0.3, -0.25) is 9.20 Å². The Kier molecular flexibility index (Phi) is 4.07. The number of rotatable bonds is 3. The Balaban J connectivity index is 1.82. The van der Waals surface area contributed by atoms with Gasteiger partial charge in [0, 0.05) is 28.9 Å². The number of esters is 1. The molecule has 0 saturated carbocycles. The molecule has 0 atom stereocenters. The molecule has 3 aromatic rings. The molecule has 0 amide bonds. The first kappa shape index (κ1) is 15.2. The summed E-state index contributed by atoms with van der Waals surface area (Å²) in [4.78, 5) is 28.1. The second-order valence-corrected chi connectivity index (χ2v) is 5.56. The van der Waals surface area contributed by atoms with E-state index in [4.69, 9.17) is 4.74 Å². The summed E-state index contributed by atoms with van der Waals surface area (Å²) in [7, 11) is 0. The zero-order valence-electron chi connectivity index (χ0n) is 11.7. The Labute approximate surface area is 138 Å². The molecule has 0 radical (unpaired) electrons. The first-order valence-corrected chi connectivity index (χ1v) is 7.37. The van der Waals surface area contributed by atoms with Crippen molar-refractivity contribution in [3.8, 4) is 0 Å². The zero-order chi connectivity index (χ0) is 16.4. The summed E-state index contributed by atoms with van der Waals surface area (Å²) in [5.41, 5.74) is 0.319. The third-order valence-electron chi connectivity index (χ3n) is 3.06. The van der Waals surface area contributed by atoms with Crippen LogP contribution < -0.4 is 10.3 Å². The van der Waals surface area contributed by atoms with Crippen LogP contribution in [0.2, 0.25) is 0 Å². The minimum atomic E-state index is -0.779. The van der Waals surface area contributed by atoms with Gasteiger partial charge in [-0.2, -0.15) is 4.73 Å². The standard InChI is InChI=1S/C15H10BrN3O4/c16-10-4-5-13-17-11(7-14(20)18(13)8-10)9-23-15(21)12-3-1-2-6-19(12)22/h1-8H,9H2. The summed E-state index contributed by atoms with van der Waals surface area (Å²) >= 11 is 3.28. The maximum atomic E-state index is 12.0. The van der Waals surface area contributed by atoms with Gasteiger partial charge in [-0.05, 0) is 34.1 Å². The topological polar surface area (TPSA) is 87.6 Å². The first-order chi connectivity index (χ1) is 11.0. The van der Waals surface area contributed by atoms with E-state index in [1.807, 2.05) is 0 Å². The minimum absolute atomic E-state index is 0.131. The highest BCUT2D eigenvalue weighted by molar-refractivity contribution is 9.10. The van der Waals surface area contributed by atoms with Crippen molar-refractivity contribution < 1.29 is 14.3 Å². The van der Waals surface area contributed by atoms with E-state index in [1.54, 1.807) is 24.4 Å². The lowest BCUT2D eigenvalue weighted by Crippen LogP contribution is -2.34. The summed E-state index contributed by atoms with van der Waals surface area (Å²) in [5.74, 6) is -0.779. The quantitative estimate of drug-likeness (QED) is 0.392. The van der Waals surface area contributed by atoms with E-state index in [0.717, 1.165) is 4.47 Å². The Morgan fingerprint density at radius 2 is 2.17 bits per heavy atom. The van der Waals surface area contributed by atoms with Gasteiger partial charge >= 0.3 is 11.7 Å². The highest BCUT2D eigenvalue weighted by Gasteiger charge is 2.17. The van der Waals surface area contributed by atoms with E-state index in [0.29, 0.717) is 16.1 Å². The summed E-state index contributed by atoms with van der Waals surface area (Å²) in [5, 5.41) is 11.5. The zero-order valence-corrected chi connectivity index (χ0v) is 13.3. The van der Waals surface area contributed by atoms with Crippen molar-refractivity contribution in [3.63, 3.8) is 0 Å². The Morgan fingerprint density at radius 3 is 2.96 bits per heavy atom. The number of ether oxygens (including phenoxy) is 1. The van der Waals surface area contributed by atoms with Crippen LogP contribution in [0.15, 0.2) is 58.1 Å². The maximum absolute atomic E-state index is 12.0. The van der Waals surface area contributed by atoms with E-state index in [2.05, 4.69) is 20.9 Å². The fraction of sp³-hybridized carbons (Fsp3) is 0.0667. The smallest absolute Gasteiger partial charge is 0.405 e. The summed E-state index contributed by atoms with van der Waals surface area (Å²) in [6.45, 7) is -0.199. The number of fused-ring (bicyclic) bond motifs is 1. The number of halogens is 1. The molecule has 0 bridgehead atoms. The summed E-state index contributed by atoms with van der Waals surface area (Å²) in [6.07, 6.45) is 2.81. The molecule has 3 aromatic heterocycles. The van der Waals surface area contributed by atoms with E-state index >= 15 is 0 Å². The Hall–Kier alpha value is -2.74. The van der Waals surface area contributed by atoms with Gasteiger partial charge in [0.1, 0.15) is 12.3 Å². The van der Waals surface area contributed by atoms with Crippen LogP contribution in [0.25, 0.3) is 5.65 Å². The van der Waals surface area contributed by atoms with Gasteiger partial charge in [0.2, 0.25) is 0 Å². The fourth-order valence-corrected chi connectivity index (χ4v) is 2.34. The van der Waals surface area contributed by atoms with Crippen LogP contribution in [0.1, 0.15) is 16.2 Å². The van der Waals surface area contributed by atoms with Gasteiger partial charge in [0.25, 0.3) is 5.56 Å². The molecular formula is C15H10BrN3O4. The van der Waals surface area contributed by atoms with Crippen LogP contribution in [0, 0.1) is 5.21 Å². The number of carbonyl (C=O) groups excluding carboxylic acids is 1. The second kappa shape index (κ2) is 6.17. The van der Waals surface area contributed by atoms with Crippen LogP contribution in [0.3, 0.4) is 0 Å². The van der Waals surface area contributed by atoms with Gasteiger partial charge in [-0.1, -0.05) is 0 Å². The minimum Gasteiger partial charge on any atom is -0.618 e. The third-order valence-corrected chi connectivity index (χ3v) is 3.53. The normalized spacial score (nSPS) is 10.7. The molecule has 8 heteroatoms. The molecule has 0 unspecified atom stereocenters. The average molecular weight is 376 g/mol. The van der Waals surface area contributed by atoms with Gasteiger partial charge in [0.05, 0.1) is 5.69 Å². The van der Waals surface area contributed by atoms with Gasteiger partial charge in [0.15, 0.2) is 6.20 Å². The molecule has 0 fully saturated rings. The predicted molar refractivity (Wildman–Crippen MR) is 83.7 cm³/mol. The number of nitrogens with zero attached hydrogens (tertiary/aromatic N) is 3. The van der Waals surface area contributed by atoms with Crippen molar-refractivity contribution in [3.05, 3.63) is 80.2 Å². The molecule has 23 heavy (non-hydrogen) atoms. The molecule has 0 N–H and O–H groups in total. The van der Waals surface area contributed by atoms with Gasteiger partial charge in [-0.25, -0.2) is 9.78 Å². The fourth-order valence-electron chi connectivity index (χ4n) is 2.00. The Morgan fingerprint density at radius 1 is 1.35 bits per heavy atom. The van der Waals surface area contributed by atoms with Crippen molar-refractivity contribution in [1.82, 2.24) is 9.38 Å². The molecule has 0 spiro atoms. The van der Waals surface area contributed by atoms with Crippen LogP contribution in [0.5, 0.6) is 0 Å². The molecule has 7 nitrogen and oxygen atoms in total. The predicted octanol–water partition coefficient (Wildman–Crippen LogP) is 1.45. The maximum Gasteiger partial charge on any atom is 0.405 e. The molecule has 3 heterocycles. The van der Waals surface area contributed by atoms with Crippen molar-refractivity contribution in [1.29, 1.82) is 0 Å². The first-order valence-electron chi connectivity index (χ1n) is 6.58. The van der Waals surface area contributed by atoms with Crippen LogP contribution in [-0.4, -0.2) is 15.4 Å². The van der Waals surface area contributed by atoms with E-state index in [1.165, 1.54) is 28.8 Å². The molecule has 0 saturated heterocycles.